The van der Waals surface area contributed by atoms with Crippen molar-refractivity contribution in [1.82, 2.24) is 0 Å². The van der Waals surface area contributed by atoms with Gasteiger partial charge in [-0.1, -0.05) is 27.2 Å². The number of fused-ring (bicyclic) bond motifs is 1. The fourth-order valence-corrected chi connectivity index (χ4v) is 3.28. The van der Waals surface area contributed by atoms with Crippen LogP contribution in [0.2, 0.25) is 0 Å². The highest BCUT2D eigenvalue weighted by atomic mass is 15.6. The van der Waals surface area contributed by atoms with E-state index in [1.54, 1.807) is 0 Å². The summed E-state index contributed by atoms with van der Waals surface area (Å²) in [6.45, 7) is 8.66. The highest BCUT2D eigenvalue weighted by Gasteiger charge is 2.67. The second kappa shape index (κ2) is 2.98. The van der Waals surface area contributed by atoms with Gasteiger partial charge in [0.25, 0.3) is 0 Å². The lowest BCUT2D eigenvalue weighted by Crippen LogP contribution is -2.50. The minimum absolute atomic E-state index is 0.931. The zero-order chi connectivity index (χ0) is 9.64. The normalized spacial score (nSPS) is 46.2. The van der Waals surface area contributed by atoms with Crippen molar-refractivity contribution >= 4 is 0 Å². The summed E-state index contributed by atoms with van der Waals surface area (Å²) in [7, 11) is 2.45. The average Bonchev–Trinajstić information content (AvgIpc) is 2.58. The zero-order valence-corrected chi connectivity index (χ0v) is 9.59. The predicted octanol–water partition coefficient (Wildman–Crippen LogP) is 2.66. The second-order valence-corrected chi connectivity index (χ2v) is 5.71. The molecule has 0 aromatic carbocycles. The van der Waals surface area contributed by atoms with Crippen molar-refractivity contribution in [3.63, 3.8) is 0 Å². The predicted molar refractivity (Wildman–Crippen MR) is 56.5 cm³/mol. The van der Waals surface area contributed by atoms with E-state index in [2.05, 4.69) is 27.8 Å². The van der Waals surface area contributed by atoms with Crippen LogP contribution in [0.1, 0.15) is 40.0 Å². The zero-order valence-electron chi connectivity index (χ0n) is 9.59. The van der Waals surface area contributed by atoms with E-state index in [9.17, 15) is 0 Å². The van der Waals surface area contributed by atoms with Crippen LogP contribution in [0.15, 0.2) is 0 Å². The monoisotopic (exact) mass is 182 g/mol. The molecule has 5 unspecified atom stereocenters. The molecule has 0 aromatic rings. The Morgan fingerprint density at radius 3 is 2.46 bits per heavy atom. The van der Waals surface area contributed by atoms with E-state index in [0.717, 1.165) is 23.9 Å². The maximum absolute atomic E-state index is 2.47. The van der Waals surface area contributed by atoms with Gasteiger partial charge in [0.05, 0.1) is 19.5 Å². The van der Waals surface area contributed by atoms with Crippen LogP contribution < -0.4 is 0 Å². The van der Waals surface area contributed by atoms with E-state index in [0.29, 0.717) is 0 Å². The molecule has 2 fully saturated rings. The fourth-order valence-electron chi connectivity index (χ4n) is 3.28. The Balaban J connectivity index is 1.81. The van der Waals surface area contributed by atoms with Crippen molar-refractivity contribution in [1.29, 1.82) is 0 Å². The molecule has 0 aliphatic carbocycles. The molecule has 2 rings (SSSR count). The van der Waals surface area contributed by atoms with E-state index < -0.39 is 0 Å². The Hall–Kier alpha value is -0.0400. The largest absolute Gasteiger partial charge is 0.311 e. The Morgan fingerprint density at radius 2 is 2.08 bits per heavy atom. The maximum Gasteiger partial charge on any atom is 0.145 e. The number of quaternary nitrogens is 1. The molecule has 1 heteroatoms. The highest BCUT2D eigenvalue weighted by Crippen LogP contribution is 2.51. The summed E-state index contributed by atoms with van der Waals surface area (Å²) in [5.74, 6) is 1.89. The van der Waals surface area contributed by atoms with Crippen LogP contribution >= 0.6 is 0 Å². The Labute approximate surface area is 82.7 Å². The summed E-state index contributed by atoms with van der Waals surface area (Å²) in [4.78, 5) is 0. The number of likely N-dealkylation sites (N-methyl/N-ethyl adjacent to an activating group) is 1. The van der Waals surface area contributed by atoms with Gasteiger partial charge in [0.15, 0.2) is 0 Å². The summed E-state index contributed by atoms with van der Waals surface area (Å²) < 4.78 is 1.43. The molecule has 1 nitrogen and oxygen atoms in total. The lowest BCUT2D eigenvalue weighted by atomic mass is 9.84. The molecular formula is C12H24N+. The first-order chi connectivity index (χ1) is 6.08. The van der Waals surface area contributed by atoms with E-state index in [-0.39, 0.29) is 0 Å². The molecule has 2 heterocycles. The van der Waals surface area contributed by atoms with Crippen molar-refractivity contribution in [3.8, 4) is 0 Å². The molecule has 76 valence electrons. The first kappa shape index (κ1) is 9.51. The standard InChI is InChI=1S/C12H24N/c1-5-9(2)6-10(3)12-7-11-8-13(11,12)4/h9-12H,5-8H2,1-4H3/q+1. The smallest absolute Gasteiger partial charge is 0.145 e. The van der Waals surface area contributed by atoms with Crippen molar-refractivity contribution in [2.24, 2.45) is 11.8 Å². The minimum atomic E-state index is 0.931. The molecule has 0 N–H and O–H groups in total. The molecule has 0 amide bonds. The van der Waals surface area contributed by atoms with Gasteiger partial charge in [-0.3, -0.25) is 0 Å². The number of nitrogens with zero attached hydrogens (tertiary/aromatic N) is 1. The van der Waals surface area contributed by atoms with Crippen LogP contribution in [-0.2, 0) is 0 Å². The molecule has 0 bridgehead atoms. The lowest BCUT2D eigenvalue weighted by molar-refractivity contribution is -0.862. The number of hydrogen-bond acceptors (Lipinski definition) is 0. The molecule has 2 aliphatic rings. The van der Waals surface area contributed by atoms with Crippen LogP contribution in [0.25, 0.3) is 0 Å². The highest BCUT2D eigenvalue weighted by molar-refractivity contribution is 4.93. The van der Waals surface area contributed by atoms with E-state index in [4.69, 9.17) is 0 Å². The molecule has 2 saturated heterocycles. The Morgan fingerprint density at radius 1 is 1.38 bits per heavy atom. The second-order valence-electron chi connectivity index (χ2n) is 5.71. The Bertz CT molecular complexity index is 201. The maximum atomic E-state index is 2.47. The third kappa shape index (κ3) is 1.41. The van der Waals surface area contributed by atoms with Gasteiger partial charge >= 0.3 is 0 Å². The molecule has 0 radical (unpaired) electrons. The SMILES string of the molecule is CCC(C)CC(C)C1CC2C[N+]21C. The van der Waals surface area contributed by atoms with Gasteiger partial charge in [-0.05, 0) is 12.3 Å². The lowest BCUT2D eigenvalue weighted by Gasteiger charge is -2.38. The van der Waals surface area contributed by atoms with Gasteiger partial charge < -0.3 is 4.48 Å². The van der Waals surface area contributed by atoms with Gasteiger partial charge in [-0.2, -0.15) is 0 Å². The topological polar surface area (TPSA) is 0 Å². The van der Waals surface area contributed by atoms with Crippen molar-refractivity contribution < 1.29 is 4.48 Å². The van der Waals surface area contributed by atoms with Gasteiger partial charge in [-0.25, -0.2) is 0 Å². The molecule has 13 heavy (non-hydrogen) atoms. The molecular weight excluding hydrogens is 158 g/mol. The molecule has 0 spiro atoms. The molecule has 5 atom stereocenters. The fraction of sp³-hybridized carbons (Fsp3) is 1.00. The van der Waals surface area contributed by atoms with Gasteiger partial charge in [0.2, 0.25) is 0 Å². The number of rotatable bonds is 4. The van der Waals surface area contributed by atoms with Crippen molar-refractivity contribution in [2.75, 3.05) is 13.6 Å². The summed E-state index contributed by atoms with van der Waals surface area (Å²) in [5.41, 5.74) is 0. The quantitative estimate of drug-likeness (QED) is 0.463. The summed E-state index contributed by atoms with van der Waals surface area (Å²) in [5, 5.41) is 0. The van der Waals surface area contributed by atoms with Crippen LogP contribution in [0.3, 0.4) is 0 Å². The van der Waals surface area contributed by atoms with Crippen LogP contribution in [0, 0.1) is 11.8 Å². The third-order valence-electron chi connectivity index (χ3n) is 4.70. The molecule has 0 aromatic heterocycles. The van der Waals surface area contributed by atoms with Crippen molar-refractivity contribution in [2.45, 2.75) is 52.1 Å². The van der Waals surface area contributed by atoms with Gasteiger partial charge in [-0.15, -0.1) is 0 Å². The first-order valence-electron chi connectivity index (χ1n) is 5.92. The Kier molecular flexibility index (Phi) is 2.18. The summed E-state index contributed by atoms with van der Waals surface area (Å²) in [6, 6.07) is 2.09. The van der Waals surface area contributed by atoms with Crippen LogP contribution in [0.4, 0.5) is 0 Å². The van der Waals surface area contributed by atoms with Gasteiger partial charge in [0, 0.05) is 5.92 Å². The average molecular weight is 182 g/mol. The van der Waals surface area contributed by atoms with E-state index in [1.807, 2.05) is 0 Å². The third-order valence-corrected chi connectivity index (χ3v) is 4.70. The van der Waals surface area contributed by atoms with E-state index in [1.165, 1.54) is 30.3 Å². The van der Waals surface area contributed by atoms with Crippen LogP contribution in [0.5, 0.6) is 0 Å². The minimum Gasteiger partial charge on any atom is -0.311 e. The van der Waals surface area contributed by atoms with E-state index >= 15 is 0 Å². The summed E-state index contributed by atoms with van der Waals surface area (Å²) in [6.07, 6.45) is 4.32. The van der Waals surface area contributed by atoms with Crippen LogP contribution in [-0.4, -0.2) is 30.2 Å². The van der Waals surface area contributed by atoms with Crippen molar-refractivity contribution in [3.05, 3.63) is 0 Å². The number of hydrogen-bond donors (Lipinski definition) is 0. The molecule has 0 saturated carbocycles. The summed E-state index contributed by atoms with van der Waals surface area (Å²) >= 11 is 0. The molecule has 2 aliphatic heterocycles. The first-order valence-corrected chi connectivity index (χ1v) is 5.92. The van der Waals surface area contributed by atoms with Gasteiger partial charge in [0.1, 0.15) is 12.6 Å².